The number of aromatic nitrogens is 2. The van der Waals surface area contributed by atoms with Crippen LogP contribution in [-0.2, 0) is 6.54 Å². The molecule has 2 aromatic rings. The van der Waals surface area contributed by atoms with Crippen molar-refractivity contribution < 1.29 is 9.90 Å². The minimum absolute atomic E-state index is 0.320. The first-order chi connectivity index (χ1) is 7.77. The first kappa shape index (κ1) is 10.6. The lowest BCUT2D eigenvalue weighted by Crippen LogP contribution is -2.28. The molecule has 0 atom stereocenters. The number of nitrogens with zero attached hydrogens (tertiary/aromatic N) is 3. The normalized spacial score (nSPS) is 10.0. The number of rotatable bonds is 3. The Balaban J connectivity index is 2.22. The van der Waals surface area contributed by atoms with Crippen molar-refractivity contribution in [3.63, 3.8) is 0 Å². The van der Waals surface area contributed by atoms with Crippen molar-refractivity contribution in [3.05, 3.63) is 41.1 Å². The molecular weight excluding hydrogens is 226 g/mol. The van der Waals surface area contributed by atoms with Crippen LogP contribution in [0.25, 0.3) is 0 Å². The van der Waals surface area contributed by atoms with Crippen LogP contribution in [0.2, 0.25) is 0 Å². The molecule has 0 saturated heterocycles. The van der Waals surface area contributed by atoms with Gasteiger partial charge >= 0.3 is 6.09 Å². The smallest absolute Gasteiger partial charge is 0.412 e. The van der Waals surface area contributed by atoms with Gasteiger partial charge in [0, 0.05) is 4.88 Å². The molecule has 0 aliphatic heterocycles. The van der Waals surface area contributed by atoms with E-state index in [-0.39, 0.29) is 0 Å². The number of amides is 1. The van der Waals surface area contributed by atoms with Crippen LogP contribution in [0, 0.1) is 0 Å². The maximum atomic E-state index is 11.1. The van der Waals surface area contributed by atoms with E-state index in [4.69, 9.17) is 5.11 Å². The van der Waals surface area contributed by atoms with Crippen LogP contribution < -0.4 is 4.90 Å². The monoisotopic (exact) mass is 235 g/mol. The molecule has 0 fully saturated rings. The molecule has 0 unspecified atom stereocenters. The maximum Gasteiger partial charge on any atom is 0.412 e. The molecule has 0 radical (unpaired) electrons. The molecule has 2 heterocycles. The molecule has 6 heteroatoms. The van der Waals surface area contributed by atoms with Crippen LogP contribution in [-0.4, -0.2) is 21.2 Å². The number of carbonyl (C=O) groups is 1. The van der Waals surface area contributed by atoms with E-state index in [2.05, 4.69) is 9.97 Å². The van der Waals surface area contributed by atoms with E-state index >= 15 is 0 Å². The molecule has 2 aromatic heterocycles. The molecular formula is C10H9N3O2S. The van der Waals surface area contributed by atoms with Gasteiger partial charge in [-0.3, -0.25) is 4.90 Å². The third kappa shape index (κ3) is 2.34. The average molecular weight is 235 g/mol. The Hall–Kier alpha value is -1.95. The quantitative estimate of drug-likeness (QED) is 0.885. The summed E-state index contributed by atoms with van der Waals surface area (Å²) < 4.78 is 0. The highest BCUT2D eigenvalue weighted by molar-refractivity contribution is 7.09. The third-order valence-electron chi connectivity index (χ3n) is 1.98. The van der Waals surface area contributed by atoms with E-state index in [0.717, 1.165) is 4.88 Å². The second-order valence-electron chi connectivity index (χ2n) is 3.04. The Morgan fingerprint density at radius 1 is 1.44 bits per heavy atom. The Labute approximate surface area is 96.0 Å². The van der Waals surface area contributed by atoms with Gasteiger partial charge in [-0.15, -0.1) is 11.3 Å². The first-order valence-electron chi connectivity index (χ1n) is 4.55. The Morgan fingerprint density at radius 3 is 2.75 bits per heavy atom. The molecule has 0 bridgehead atoms. The molecule has 0 aromatic carbocycles. The van der Waals surface area contributed by atoms with Gasteiger partial charge in [-0.1, -0.05) is 6.07 Å². The van der Waals surface area contributed by atoms with Crippen molar-refractivity contribution in [3.8, 4) is 0 Å². The number of hydrogen-bond donors (Lipinski definition) is 1. The molecule has 5 nitrogen and oxygen atoms in total. The van der Waals surface area contributed by atoms with Gasteiger partial charge in [0.05, 0.1) is 24.6 Å². The SMILES string of the molecule is O=C(O)N(Cc1cccs1)c1cncnc1. The topological polar surface area (TPSA) is 66.3 Å². The molecule has 0 saturated carbocycles. The van der Waals surface area contributed by atoms with E-state index in [1.807, 2.05) is 17.5 Å². The van der Waals surface area contributed by atoms with Crippen molar-refractivity contribution in [2.24, 2.45) is 0 Å². The lowest BCUT2D eigenvalue weighted by atomic mass is 10.4. The van der Waals surface area contributed by atoms with Gasteiger partial charge in [0.15, 0.2) is 0 Å². The number of thiophene rings is 1. The van der Waals surface area contributed by atoms with Crippen molar-refractivity contribution >= 4 is 23.1 Å². The van der Waals surface area contributed by atoms with Crippen LogP contribution >= 0.6 is 11.3 Å². The second kappa shape index (κ2) is 4.71. The highest BCUT2D eigenvalue weighted by atomic mass is 32.1. The number of carboxylic acid groups (broad SMARTS) is 1. The van der Waals surface area contributed by atoms with Gasteiger partial charge in [-0.25, -0.2) is 14.8 Å². The van der Waals surface area contributed by atoms with Crippen LogP contribution in [0.1, 0.15) is 4.88 Å². The number of hydrogen-bond acceptors (Lipinski definition) is 4. The predicted octanol–water partition coefficient (Wildman–Crippen LogP) is 2.22. The fraction of sp³-hybridized carbons (Fsp3) is 0.100. The van der Waals surface area contributed by atoms with Gasteiger partial charge in [0.2, 0.25) is 0 Å². The largest absolute Gasteiger partial charge is 0.465 e. The van der Waals surface area contributed by atoms with E-state index < -0.39 is 6.09 Å². The fourth-order valence-corrected chi connectivity index (χ4v) is 1.95. The summed E-state index contributed by atoms with van der Waals surface area (Å²) in [6.07, 6.45) is 3.32. The lowest BCUT2D eigenvalue weighted by Gasteiger charge is -2.17. The summed E-state index contributed by atoms with van der Waals surface area (Å²) in [6, 6.07) is 3.78. The van der Waals surface area contributed by atoms with Gasteiger partial charge < -0.3 is 5.11 Å². The van der Waals surface area contributed by atoms with E-state index in [1.54, 1.807) is 0 Å². The minimum Gasteiger partial charge on any atom is -0.465 e. The van der Waals surface area contributed by atoms with Crippen molar-refractivity contribution in [1.82, 2.24) is 9.97 Å². The molecule has 16 heavy (non-hydrogen) atoms. The summed E-state index contributed by atoms with van der Waals surface area (Å²) in [5.41, 5.74) is 0.475. The lowest BCUT2D eigenvalue weighted by molar-refractivity contribution is 0.201. The molecule has 1 N–H and O–H groups in total. The first-order valence-corrected chi connectivity index (χ1v) is 5.43. The summed E-state index contributed by atoms with van der Waals surface area (Å²) >= 11 is 1.52. The van der Waals surface area contributed by atoms with Crippen molar-refractivity contribution in [2.45, 2.75) is 6.54 Å². The Bertz CT molecular complexity index is 458. The zero-order chi connectivity index (χ0) is 11.4. The minimum atomic E-state index is -1.01. The molecule has 0 spiro atoms. The standard InChI is InChI=1S/C10H9N3O2S/c14-10(15)13(6-9-2-1-3-16-9)8-4-11-7-12-5-8/h1-5,7H,6H2,(H,14,15). The third-order valence-corrected chi connectivity index (χ3v) is 2.84. The van der Waals surface area contributed by atoms with Gasteiger partial charge in [-0.2, -0.15) is 0 Å². The highest BCUT2D eigenvalue weighted by Crippen LogP contribution is 2.17. The van der Waals surface area contributed by atoms with E-state index in [1.165, 1.54) is 35.0 Å². The molecule has 0 aliphatic rings. The average Bonchev–Trinajstić information content (AvgIpc) is 2.79. The van der Waals surface area contributed by atoms with Crippen LogP contribution in [0.5, 0.6) is 0 Å². The summed E-state index contributed by atoms with van der Waals surface area (Å²) in [5.74, 6) is 0. The fourth-order valence-electron chi connectivity index (χ4n) is 1.26. The summed E-state index contributed by atoms with van der Waals surface area (Å²) in [5, 5.41) is 11.0. The van der Waals surface area contributed by atoms with Crippen LogP contribution in [0.4, 0.5) is 10.5 Å². The summed E-state index contributed by atoms with van der Waals surface area (Å²) in [7, 11) is 0. The zero-order valence-corrected chi connectivity index (χ0v) is 9.09. The molecule has 1 amide bonds. The van der Waals surface area contributed by atoms with Crippen molar-refractivity contribution in [1.29, 1.82) is 0 Å². The van der Waals surface area contributed by atoms with Crippen molar-refractivity contribution in [2.75, 3.05) is 4.90 Å². The summed E-state index contributed by atoms with van der Waals surface area (Å²) in [6.45, 7) is 0.320. The van der Waals surface area contributed by atoms with Gasteiger partial charge in [-0.05, 0) is 11.4 Å². The highest BCUT2D eigenvalue weighted by Gasteiger charge is 2.15. The Kier molecular flexibility index (Phi) is 3.11. The molecule has 2 rings (SSSR count). The van der Waals surface area contributed by atoms with E-state index in [9.17, 15) is 4.79 Å². The van der Waals surface area contributed by atoms with Gasteiger partial charge in [0.1, 0.15) is 6.33 Å². The number of anilines is 1. The molecule has 0 aliphatic carbocycles. The summed E-state index contributed by atoms with van der Waals surface area (Å²) in [4.78, 5) is 20.9. The Morgan fingerprint density at radius 2 is 2.19 bits per heavy atom. The van der Waals surface area contributed by atoms with Crippen LogP contribution in [0.3, 0.4) is 0 Å². The van der Waals surface area contributed by atoms with Gasteiger partial charge in [0.25, 0.3) is 0 Å². The predicted molar refractivity (Wildman–Crippen MR) is 60.6 cm³/mol. The molecule has 82 valence electrons. The zero-order valence-electron chi connectivity index (χ0n) is 8.28. The van der Waals surface area contributed by atoms with Crippen LogP contribution in [0.15, 0.2) is 36.2 Å². The maximum absolute atomic E-state index is 11.1. The van der Waals surface area contributed by atoms with E-state index in [0.29, 0.717) is 12.2 Å². The second-order valence-corrected chi connectivity index (χ2v) is 4.08.